The van der Waals surface area contributed by atoms with Crippen LogP contribution in [0, 0.1) is 26.7 Å². The molecule has 2 amide bonds. The molecule has 0 aliphatic carbocycles. The molecule has 4 aromatic rings. The van der Waals surface area contributed by atoms with Gasteiger partial charge in [-0.1, -0.05) is 34.6 Å². The van der Waals surface area contributed by atoms with E-state index in [1.54, 1.807) is 17.9 Å². The Bertz CT molecular complexity index is 1400. The van der Waals surface area contributed by atoms with Gasteiger partial charge in [0.2, 0.25) is 5.91 Å². The number of carbonyl (C=O) groups excluding carboxylic acids is 2. The number of amides is 2. The zero-order valence-corrected chi connectivity index (χ0v) is 20.5. The number of anilines is 1. The summed E-state index contributed by atoms with van der Waals surface area (Å²) in [5.41, 5.74) is 2.14. The summed E-state index contributed by atoms with van der Waals surface area (Å²) in [5.74, 6) is 1.84. The number of aryl methyl sites for hydroxylation is 3. The van der Waals surface area contributed by atoms with Crippen LogP contribution in [0.2, 0.25) is 0 Å². The van der Waals surface area contributed by atoms with Gasteiger partial charge in [0, 0.05) is 25.1 Å². The maximum absolute atomic E-state index is 13.6. The van der Waals surface area contributed by atoms with Crippen molar-refractivity contribution in [2.24, 2.45) is 5.92 Å². The first-order valence-corrected chi connectivity index (χ1v) is 12.0. The van der Waals surface area contributed by atoms with Crippen LogP contribution in [-0.2, 0) is 11.4 Å². The minimum atomic E-state index is -0.196. The van der Waals surface area contributed by atoms with Crippen molar-refractivity contribution >= 4 is 28.4 Å². The second-order valence-corrected chi connectivity index (χ2v) is 9.17. The van der Waals surface area contributed by atoms with Crippen molar-refractivity contribution < 1.29 is 23.4 Å². The molecule has 0 radical (unpaired) electrons. The Morgan fingerprint density at radius 2 is 1.75 bits per heavy atom. The topological polar surface area (TPSA) is 111 Å². The Hall–Kier alpha value is -4.14. The van der Waals surface area contributed by atoms with Crippen LogP contribution >= 0.6 is 0 Å². The average Bonchev–Trinajstić information content (AvgIpc) is 3.45. The number of hydrogen-bond donors (Lipinski definition) is 1. The van der Waals surface area contributed by atoms with Gasteiger partial charge >= 0.3 is 0 Å². The number of nitrogens with one attached hydrogen (secondary N) is 1. The number of rotatable bonds is 6. The van der Waals surface area contributed by atoms with E-state index in [4.69, 9.17) is 13.8 Å². The fourth-order valence-corrected chi connectivity index (χ4v) is 4.53. The Morgan fingerprint density at radius 1 is 1.03 bits per heavy atom. The summed E-state index contributed by atoms with van der Waals surface area (Å²) >= 11 is 0. The standard InChI is InChI=1S/C27H28N4O5/c1-16-12-25(30-35-16)28-26(32)19-8-10-31(11-9-19)27(33)22-13-20-6-4-5-7-21(20)14-24(22)34-15-23-17(2)29-36-18(23)3/h4-7,12-14,19H,8-11,15H2,1-3H3,(H,28,30,32). The third kappa shape index (κ3) is 4.82. The van der Waals surface area contributed by atoms with E-state index in [1.165, 1.54) is 0 Å². The molecule has 3 heterocycles. The van der Waals surface area contributed by atoms with Crippen LogP contribution < -0.4 is 10.1 Å². The predicted octanol–water partition coefficient (Wildman–Crippen LogP) is 4.81. The fraction of sp³-hybridized carbons (Fsp3) is 0.333. The quantitative estimate of drug-likeness (QED) is 0.415. The van der Waals surface area contributed by atoms with Crippen LogP contribution in [0.15, 0.2) is 51.5 Å². The highest BCUT2D eigenvalue weighted by atomic mass is 16.5. The fourth-order valence-electron chi connectivity index (χ4n) is 4.53. The summed E-state index contributed by atoms with van der Waals surface area (Å²) in [6, 6.07) is 13.3. The van der Waals surface area contributed by atoms with Crippen molar-refractivity contribution in [3.8, 4) is 5.75 Å². The maximum Gasteiger partial charge on any atom is 0.257 e. The third-order valence-electron chi connectivity index (χ3n) is 6.66. The van der Waals surface area contributed by atoms with Gasteiger partial charge in [-0.3, -0.25) is 9.59 Å². The maximum atomic E-state index is 13.6. The van der Waals surface area contributed by atoms with E-state index in [0.717, 1.165) is 22.0 Å². The first-order valence-electron chi connectivity index (χ1n) is 12.0. The van der Waals surface area contributed by atoms with Gasteiger partial charge in [-0.25, -0.2) is 0 Å². The van der Waals surface area contributed by atoms with Crippen LogP contribution in [0.3, 0.4) is 0 Å². The molecule has 36 heavy (non-hydrogen) atoms. The molecule has 0 saturated carbocycles. The molecule has 0 bridgehead atoms. The molecule has 186 valence electrons. The Labute approximate surface area is 208 Å². The molecule has 0 unspecified atom stereocenters. The number of benzene rings is 2. The molecule has 2 aromatic carbocycles. The smallest absolute Gasteiger partial charge is 0.257 e. The van der Waals surface area contributed by atoms with Crippen molar-refractivity contribution in [1.29, 1.82) is 0 Å². The van der Waals surface area contributed by atoms with Gasteiger partial charge in [-0.2, -0.15) is 0 Å². The van der Waals surface area contributed by atoms with E-state index in [-0.39, 0.29) is 24.3 Å². The molecule has 9 nitrogen and oxygen atoms in total. The normalized spacial score (nSPS) is 14.2. The first-order chi connectivity index (χ1) is 17.4. The largest absolute Gasteiger partial charge is 0.488 e. The molecule has 2 aromatic heterocycles. The number of hydrogen-bond acceptors (Lipinski definition) is 7. The number of likely N-dealkylation sites (tertiary alicyclic amines) is 1. The van der Waals surface area contributed by atoms with Gasteiger partial charge < -0.3 is 24.0 Å². The Kier molecular flexibility index (Phi) is 6.45. The van der Waals surface area contributed by atoms with E-state index in [1.807, 2.05) is 50.2 Å². The summed E-state index contributed by atoms with van der Waals surface area (Å²) in [4.78, 5) is 28.1. The van der Waals surface area contributed by atoms with Crippen LogP contribution in [0.25, 0.3) is 10.8 Å². The summed E-state index contributed by atoms with van der Waals surface area (Å²) < 4.78 is 16.4. The van der Waals surface area contributed by atoms with E-state index >= 15 is 0 Å². The van der Waals surface area contributed by atoms with E-state index in [0.29, 0.717) is 54.6 Å². The number of fused-ring (bicyclic) bond motifs is 1. The van der Waals surface area contributed by atoms with E-state index in [9.17, 15) is 9.59 Å². The van der Waals surface area contributed by atoms with Gasteiger partial charge in [0.1, 0.15) is 23.9 Å². The third-order valence-corrected chi connectivity index (χ3v) is 6.66. The minimum absolute atomic E-state index is 0.107. The lowest BCUT2D eigenvalue weighted by atomic mass is 9.95. The zero-order valence-electron chi connectivity index (χ0n) is 20.5. The number of ether oxygens (including phenoxy) is 1. The molecule has 5 rings (SSSR count). The number of carbonyl (C=O) groups is 2. The molecule has 0 atom stereocenters. The summed E-state index contributed by atoms with van der Waals surface area (Å²) in [7, 11) is 0. The number of aromatic nitrogens is 2. The molecular weight excluding hydrogens is 460 g/mol. The van der Waals surface area contributed by atoms with Crippen molar-refractivity contribution in [3.63, 3.8) is 0 Å². The molecular formula is C27H28N4O5. The highest BCUT2D eigenvalue weighted by Gasteiger charge is 2.30. The van der Waals surface area contributed by atoms with Gasteiger partial charge in [-0.05, 0) is 56.5 Å². The van der Waals surface area contributed by atoms with Crippen molar-refractivity contribution in [3.05, 3.63) is 70.8 Å². The lowest BCUT2D eigenvalue weighted by Gasteiger charge is -2.31. The summed E-state index contributed by atoms with van der Waals surface area (Å²) in [6.07, 6.45) is 1.13. The van der Waals surface area contributed by atoms with Crippen molar-refractivity contribution in [2.75, 3.05) is 18.4 Å². The molecule has 1 aliphatic heterocycles. The number of nitrogens with zero attached hydrogens (tertiary/aromatic N) is 3. The van der Waals surface area contributed by atoms with E-state index in [2.05, 4.69) is 15.6 Å². The van der Waals surface area contributed by atoms with Gasteiger partial charge in [0.25, 0.3) is 5.91 Å². The molecule has 1 aliphatic rings. The predicted molar refractivity (Wildman–Crippen MR) is 133 cm³/mol. The molecule has 1 saturated heterocycles. The lowest BCUT2D eigenvalue weighted by molar-refractivity contribution is -0.121. The first kappa shape index (κ1) is 23.6. The average molecular weight is 489 g/mol. The summed E-state index contributed by atoms with van der Waals surface area (Å²) in [6.45, 7) is 6.69. The van der Waals surface area contributed by atoms with Crippen LogP contribution in [0.5, 0.6) is 5.75 Å². The SMILES string of the molecule is Cc1cc(NC(=O)C2CCN(C(=O)c3cc4ccccc4cc3OCc3c(C)noc3C)CC2)no1. The zero-order chi connectivity index (χ0) is 25.2. The lowest BCUT2D eigenvalue weighted by Crippen LogP contribution is -2.41. The monoisotopic (exact) mass is 488 g/mol. The highest BCUT2D eigenvalue weighted by molar-refractivity contribution is 6.02. The second kappa shape index (κ2) is 9.85. The summed E-state index contributed by atoms with van der Waals surface area (Å²) in [5, 5.41) is 12.6. The van der Waals surface area contributed by atoms with Crippen LogP contribution in [-0.4, -0.2) is 40.1 Å². The van der Waals surface area contributed by atoms with Crippen LogP contribution in [0.1, 0.15) is 46.0 Å². The molecule has 1 N–H and O–H groups in total. The molecule has 0 spiro atoms. The van der Waals surface area contributed by atoms with Gasteiger partial charge in [0.05, 0.1) is 16.8 Å². The molecule has 1 fully saturated rings. The van der Waals surface area contributed by atoms with Crippen molar-refractivity contribution in [1.82, 2.24) is 15.2 Å². The minimum Gasteiger partial charge on any atom is -0.488 e. The Morgan fingerprint density at radius 3 is 2.39 bits per heavy atom. The van der Waals surface area contributed by atoms with Crippen molar-refractivity contribution in [2.45, 2.75) is 40.2 Å². The second-order valence-electron chi connectivity index (χ2n) is 9.17. The molecule has 9 heteroatoms. The Balaban J connectivity index is 1.31. The highest BCUT2D eigenvalue weighted by Crippen LogP contribution is 2.30. The van der Waals surface area contributed by atoms with Gasteiger partial charge in [-0.15, -0.1) is 0 Å². The van der Waals surface area contributed by atoms with Gasteiger partial charge in [0.15, 0.2) is 5.82 Å². The van der Waals surface area contributed by atoms with E-state index < -0.39 is 0 Å². The number of piperidine rings is 1. The van der Waals surface area contributed by atoms with Crippen LogP contribution in [0.4, 0.5) is 5.82 Å².